The number of nitrogens with one attached hydrogen (secondary N) is 2. The van der Waals surface area contributed by atoms with E-state index < -0.39 is 0 Å². The van der Waals surface area contributed by atoms with E-state index in [9.17, 15) is 0 Å². The van der Waals surface area contributed by atoms with E-state index >= 15 is 0 Å². The van der Waals surface area contributed by atoms with E-state index in [0.717, 1.165) is 35.9 Å². The molecule has 84 valence electrons. The van der Waals surface area contributed by atoms with Crippen LogP contribution in [0.3, 0.4) is 0 Å². The fourth-order valence-electron chi connectivity index (χ4n) is 1.63. The zero-order valence-electron chi connectivity index (χ0n) is 9.62. The molecule has 16 heavy (non-hydrogen) atoms. The molecule has 2 aromatic heterocycles. The van der Waals surface area contributed by atoms with E-state index in [0.29, 0.717) is 0 Å². The normalized spacial score (nSPS) is 10.6. The monoisotopic (exact) mass is 216 g/mol. The van der Waals surface area contributed by atoms with Gasteiger partial charge in [-0.05, 0) is 25.6 Å². The minimum absolute atomic E-state index is 0.775. The summed E-state index contributed by atoms with van der Waals surface area (Å²) in [4.78, 5) is 11.9. The largest absolute Gasteiger partial charge is 0.344 e. The van der Waals surface area contributed by atoms with Crippen molar-refractivity contribution in [3.05, 3.63) is 36.0 Å². The molecule has 0 aliphatic heterocycles. The average Bonchev–Trinajstić information content (AvgIpc) is 2.69. The van der Waals surface area contributed by atoms with E-state index in [1.807, 2.05) is 25.3 Å². The highest BCUT2D eigenvalue weighted by Gasteiger charge is 2.08. The van der Waals surface area contributed by atoms with E-state index in [-0.39, 0.29) is 0 Å². The van der Waals surface area contributed by atoms with Gasteiger partial charge < -0.3 is 10.3 Å². The maximum Gasteiger partial charge on any atom is 0.121 e. The Morgan fingerprint density at radius 1 is 1.44 bits per heavy atom. The van der Waals surface area contributed by atoms with Crippen molar-refractivity contribution in [1.29, 1.82) is 0 Å². The molecule has 0 aromatic carbocycles. The number of aromatic amines is 1. The molecule has 0 spiro atoms. The van der Waals surface area contributed by atoms with Gasteiger partial charge in [0.1, 0.15) is 5.82 Å². The van der Waals surface area contributed by atoms with Gasteiger partial charge in [0.15, 0.2) is 0 Å². The summed E-state index contributed by atoms with van der Waals surface area (Å²) in [5.41, 5.74) is 3.13. The highest BCUT2D eigenvalue weighted by molar-refractivity contribution is 5.60. The molecule has 2 heterocycles. The van der Waals surface area contributed by atoms with Gasteiger partial charge in [0, 0.05) is 23.7 Å². The van der Waals surface area contributed by atoms with Crippen LogP contribution < -0.4 is 5.32 Å². The Bertz CT molecular complexity index is 447. The SMILES string of the molecule is CCNCc1nc(-c2cccnc2)c(C)[nH]1. The number of hydrogen-bond acceptors (Lipinski definition) is 3. The molecule has 0 amide bonds. The van der Waals surface area contributed by atoms with Gasteiger partial charge in [0.05, 0.1) is 12.2 Å². The molecule has 2 N–H and O–H groups in total. The maximum atomic E-state index is 4.56. The lowest BCUT2D eigenvalue weighted by molar-refractivity contribution is 0.697. The van der Waals surface area contributed by atoms with Crippen LogP contribution in [-0.4, -0.2) is 21.5 Å². The van der Waals surface area contributed by atoms with Gasteiger partial charge in [-0.2, -0.15) is 0 Å². The fourth-order valence-corrected chi connectivity index (χ4v) is 1.63. The number of H-pyrrole nitrogens is 1. The molecule has 2 aromatic rings. The van der Waals surface area contributed by atoms with Gasteiger partial charge >= 0.3 is 0 Å². The van der Waals surface area contributed by atoms with E-state index in [1.165, 1.54) is 0 Å². The minimum Gasteiger partial charge on any atom is -0.344 e. The standard InChI is InChI=1S/C12H16N4/c1-3-13-8-11-15-9(2)12(16-11)10-5-4-6-14-7-10/h4-7,13H,3,8H2,1-2H3,(H,15,16). The lowest BCUT2D eigenvalue weighted by Crippen LogP contribution is -2.12. The summed E-state index contributed by atoms with van der Waals surface area (Å²) >= 11 is 0. The number of nitrogens with zero attached hydrogens (tertiary/aromatic N) is 2. The molecule has 0 radical (unpaired) electrons. The quantitative estimate of drug-likeness (QED) is 0.820. The van der Waals surface area contributed by atoms with E-state index in [4.69, 9.17) is 0 Å². The molecule has 0 bridgehead atoms. The molecule has 0 saturated carbocycles. The maximum absolute atomic E-state index is 4.56. The summed E-state index contributed by atoms with van der Waals surface area (Å²) in [7, 11) is 0. The van der Waals surface area contributed by atoms with Crippen molar-refractivity contribution in [2.75, 3.05) is 6.54 Å². The van der Waals surface area contributed by atoms with Crippen LogP contribution >= 0.6 is 0 Å². The Morgan fingerprint density at radius 2 is 2.31 bits per heavy atom. The Balaban J connectivity index is 2.25. The highest BCUT2D eigenvalue weighted by Crippen LogP contribution is 2.19. The van der Waals surface area contributed by atoms with Crippen LogP contribution in [0.15, 0.2) is 24.5 Å². The molecule has 0 saturated heterocycles. The number of aromatic nitrogens is 3. The third-order valence-electron chi connectivity index (χ3n) is 2.41. The van der Waals surface area contributed by atoms with Crippen molar-refractivity contribution >= 4 is 0 Å². The Labute approximate surface area is 95.1 Å². The van der Waals surface area contributed by atoms with E-state index in [2.05, 4.69) is 27.2 Å². The van der Waals surface area contributed by atoms with Gasteiger partial charge in [0.25, 0.3) is 0 Å². The second kappa shape index (κ2) is 4.90. The lowest BCUT2D eigenvalue weighted by Gasteiger charge is -1.96. The Kier molecular flexibility index (Phi) is 3.31. The molecule has 0 aliphatic rings. The average molecular weight is 216 g/mol. The predicted octanol–water partition coefficient (Wildman–Crippen LogP) is 1.89. The van der Waals surface area contributed by atoms with Gasteiger partial charge in [-0.25, -0.2) is 4.98 Å². The molecular formula is C12H16N4. The lowest BCUT2D eigenvalue weighted by atomic mass is 10.2. The van der Waals surface area contributed by atoms with Crippen molar-refractivity contribution < 1.29 is 0 Å². The van der Waals surface area contributed by atoms with Gasteiger partial charge in [-0.1, -0.05) is 6.92 Å². The number of imidazole rings is 1. The molecule has 4 nitrogen and oxygen atoms in total. The first-order chi connectivity index (χ1) is 7.81. The Hall–Kier alpha value is -1.68. The smallest absolute Gasteiger partial charge is 0.121 e. The van der Waals surface area contributed by atoms with Crippen molar-refractivity contribution in [2.24, 2.45) is 0 Å². The first-order valence-electron chi connectivity index (χ1n) is 5.48. The van der Waals surface area contributed by atoms with Crippen LogP contribution in [0, 0.1) is 6.92 Å². The van der Waals surface area contributed by atoms with Gasteiger partial charge in [-0.3, -0.25) is 4.98 Å². The molecule has 0 unspecified atom stereocenters. The van der Waals surface area contributed by atoms with Crippen LogP contribution in [0.4, 0.5) is 0 Å². The zero-order chi connectivity index (χ0) is 11.4. The van der Waals surface area contributed by atoms with Crippen LogP contribution in [0.2, 0.25) is 0 Å². The minimum atomic E-state index is 0.775. The number of pyridine rings is 1. The molecule has 2 rings (SSSR count). The third kappa shape index (κ3) is 2.28. The third-order valence-corrected chi connectivity index (χ3v) is 2.41. The summed E-state index contributed by atoms with van der Waals surface area (Å²) in [5.74, 6) is 0.971. The van der Waals surface area contributed by atoms with Crippen LogP contribution in [0.5, 0.6) is 0 Å². The summed E-state index contributed by atoms with van der Waals surface area (Å²) in [6.45, 7) is 5.84. The van der Waals surface area contributed by atoms with Crippen molar-refractivity contribution in [3.8, 4) is 11.3 Å². The summed E-state index contributed by atoms with van der Waals surface area (Å²) in [5, 5.41) is 3.25. The van der Waals surface area contributed by atoms with Gasteiger partial charge in [-0.15, -0.1) is 0 Å². The Morgan fingerprint density at radius 3 is 3.00 bits per heavy atom. The van der Waals surface area contributed by atoms with Crippen molar-refractivity contribution in [3.63, 3.8) is 0 Å². The second-order valence-electron chi connectivity index (χ2n) is 3.68. The highest BCUT2D eigenvalue weighted by atomic mass is 15.0. The molecule has 0 atom stereocenters. The molecule has 0 aliphatic carbocycles. The van der Waals surface area contributed by atoms with Crippen LogP contribution in [0.25, 0.3) is 11.3 Å². The molecule has 4 heteroatoms. The first-order valence-corrected chi connectivity index (χ1v) is 5.48. The number of aryl methyl sites for hydroxylation is 1. The summed E-state index contributed by atoms with van der Waals surface area (Å²) in [6.07, 6.45) is 3.60. The van der Waals surface area contributed by atoms with Crippen molar-refractivity contribution in [2.45, 2.75) is 20.4 Å². The summed E-state index contributed by atoms with van der Waals surface area (Å²) in [6, 6.07) is 3.95. The summed E-state index contributed by atoms with van der Waals surface area (Å²) < 4.78 is 0. The number of rotatable bonds is 4. The number of hydrogen-bond donors (Lipinski definition) is 2. The molecular weight excluding hydrogens is 200 g/mol. The predicted molar refractivity (Wildman–Crippen MR) is 63.9 cm³/mol. The zero-order valence-corrected chi connectivity index (χ0v) is 9.62. The second-order valence-corrected chi connectivity index (χ2v) is 3.68. The van der Waals surface area contributed by atoms with E-state index in [1.54, 1.807) is 6.20 Å². The van der Waals surface area contributed by atoms with Gasteiger partial charge in [0.2, 0.25) is 0 Å². The first kappa shape index (κ1) is 10.8. The van der Waals surface area contributed by atoms with Crippen LogP contribution in [0.1, 0.15) is 18.4 Å². The fraction of sp³-hybridized carbons (Fsp3) is 0.333. The molecule has 0 fully saturated rings. The topological polar surface area (TPSA) is 53.6 Å². The van der Waals surface area contributed by atoms with Crippen molar-refractivity contribution in [1.82, 2.24) is 20.3 Å². The van der Waals surface area contributed by atoms with Crippen LogP contribution in [-0.2, 0) is 6.54 Å².